The van der Waals surface area contributed by atoms with E-state index in [2.05, 4.69) is 13.8 Å². The van der Waals surface area contributed by atoms with Crippen LogP contribution in [-0.4, -0.2) is 13.0 Å². The molecular weight excluding hydrogens is 295 g/mol. The van der Waals surface area contributed by atoms with Crippen LogP contribution < -0.4 is 29.6 Å². The first-order chi connectivity index (χ1) is 9.22. The van der Waals surface area contributed by atoms with E-state index >= 15 is 0 Å². The van der Waals surface area contributed by atoms with E-state index in [-0.39, 0.29) is 47.8 Å². The van der Waals surface area contributed by atoms with Gasteiger partial charge in [0.25, 0.3) is 0 Å². The molecule has 0 saturated heterocycles. The van der Waals surface area contributed by atoms with Gasteiger partial charge in [-0.3, -0.25) is 0 Å². The van der Waals surface area contributed by atoms with Crippen LogP contribution in [0.4, 0.5) is 0 Å². The molecule has 0 bridgehead atoms. The number of fused-ring (bicyclic) bond motifs is 1. The molecule has 21 heavy (non-hydrogen) atoms. The van der Waals surface area contributed by atoms with Gasteiger partial charge in [0, 0.05) is 0 Å². The summed E-state index contributed by atoms with van der Waals surface area (Å²) in [5.74, 6) is 0.0167. The summed E-state index contributed by atoms with van der Waals surface area (Å²) < 4.78 is 34.7. The van der Waals surface area contributed by atoms with E-state index < -0.39 is 14.9 Å². The molecule has 5 heteroatoms. The molecule has 0 fully saturated rings. The van der Waals surface area contributed by atoms with Crippen molar-refractivity contribution in [2.45, 2.75) is 44.8 Å². The summed E-state index contributed by atoms with van der Waals surface area (Å²) in [4.78, 5) is 0. The second-order valence-electron chi connectivity index (χ2n) is 6.07. The predicted octanol–water partition coefficient (Wildman–Crippen LogP) is 0.627. The van der Waals surface area contributed by atoms with Crippen molar-refractivity contribution in [2.75, 3.05) is 0 Å². The van der Waals surface area contributed by atoms with Crippen molar-refractivity contribution >= 4 is 16.2 Å². The molecule has 0 N–H and O–H groups in total. The molecule has 1 aromatic carbocycles. The zero-order chi connectivity index (χ0) is 15.1. The number of rotatable bonds is 3. The molecule has 1 unspecified atom stereocenters. The molecule has 2 rings (SSSR count). The third-order valence-corrected chi connectivity index (χ3v) is 6.05. The van der Waals surface area contributed by atoms with Gasteiger partial charge in [-0.25, -0.2) is 8.42 Å². The van der Waals surface area contributed by atoms with Crippen molar-refractivity contribution < 1.29 is 42.5 Å². The van der Waals surface area contributed by atoms with E-state index in [1.165, 1.54) is 0 Å². The van der Waals surface area contributed by atoms with Crippen molar-refractivity contribution in [1.29, 1.82) is 0 Å². The Labute approximate surface area is 149 Å². The Morgan fingerprint density at radius 3 is 2.29 bits per heavy atom. The SMILES string of the molecule is CC(C)c1cccc2c1C=CCC2(C(C)C)S(=O)(=O)[O-].[Na+]. The summed E-state index contributed by atoms with van der Waals surface area (Å²) in [6, 6.07) is 5.65. The number of benzene rings is 1. The Balaban J connectivity index is 0.00000220. The molecule has 1 atom stereocenters. The van der Waals surface area contributed by atoms with Gasteiger partial charge in [-0.2, -0.15) is 0 Å². The van der Waals surface area contributed by atoms with Gasteiger partial charge in [0.15, 0.2) is 0 Å². The van der Waals surface area contributed by atoms with Crippen LogP contribution >= 0.6 is 0 Å². The molecule has 0 radical (unpaired) electrons. The van der Waals surface area contributed by atoms with E-state index in [0.717, 1.165) is 11.1 Å². The van der Waals surface area contributed by atoms with Crippen molar-refractivity contribution in [3.05, 3.63) is 41.0 Å². The summed E-state index contributed by atoms with van der Waals surface area (Å²) in [5, 5.41) is 0. The molecule has 1 aromatic rings. The molecule has 110 valence electrons. The van der Waals surface area contributed by atoms with Gasteiger partial charge in [0.2, 0.25) is 0 Å². The molecule has 0 aromatic heterocycles. The van der Waals surface area contributed by atoms with Gasteiger partial charge in [-0.15, -0.1) is 0 Å². The molecular formula is C16H21NaO3S. The van der Waals surface area contributed by atoms with Crippen LogP contribution in [0.15, 0.2) is 24.3 Å². The Kier molecular flexibility index (Phi) is 5.90. The van der Waals surface area contributed by atoms with Gasteiger partial charge < -0.3 is 4.55 Å². The Hall–Kier alpha value is -0.130. The average molecular weight is 316 g/mol. The molecule has 0 amide bonds. The van der Waals surface area contributed by atoms with Crippen molar-refractivity contribution in [3.63, 3.8) is 0 Å². The normalized spacial score (nSPS) is 21.3. The molecule has 1 aliphatic rings. The minimum atomic E-state index is -4.44. The minimum absolute atomic E-state index is 0. The molecule has 3 nitrogen and oxygen atoms in total. The summed E-state index contributed by atoms with van der Waals surface area (Å²) >= 11 is 0. The first kappa shape index (κ1) is 18.9. The first-order valence-electron chi connectivity index (χ1n) is 6.97. The van der Waals surface area contributed by atoms with E-state index in [1.807, 2.05) is 24.3 Å². The maximum Gasteiger partial charge on any atom is 1.00 e. The first-order valence-corrected chi connectivity index (χ1v) is 8.38. The zero-order valence-corrected chi connectivity index (χ0v) is 16.2. The monoisotopic (exact) mass is 316 g/mol. The number of allylic oxidation sites excluding steroid dienone is 1. The average Bonchev–Trinajstić information content (AvgIpc) is 2.35. The topological polar surface area (TPSA) is 57.2 Å². The van der Waals surface area contributed by atoms with E-state index in [1.54, 1.807) is 19.9 Å². The summed E-state index contributed by atoms with van der Waals surface area (Å²) in [6.45, 7) is 7.75. The minimum Gasteiger partial charge on any atom is -0.747 e. The van der Waals surface area contributed by atoms with Crippen LogP contribution in [0.3, 0.4) is 0 Å². The van der Waals surface area contributed by atoms with Gasteiger partial charge in [0.1, 0.15) is 10.1 Å². The summed E-state index contributed by atoms with van der Waals surface area (Å²) in [5.41, 5.74) is 2.66. The van der Waals surface area contributed by atoms with Crippen LogP contribution in [0.1, 0.15) is 56.7 Å². The molecule has 0 saturated carbocycles. The van der Waals surface area contributed by atoms with Gasteiger partial charge >= 0.3 is 29.6 Å². The fourth-order valence-electron chi connectivity index (χ4n) is 3.18. The predicted molar refractivity (Wildman–Crippen MR) is 80.4 cm³/mol. The Morgan fingerprint density at radius 2 is 1.81 bits per heavy atom. The van der Waals surface area contributed by atoms with Crippen molar-refractivity contribution in [2.24, 2.45) is 5.92 Å². The van der Waals surface area contributed by atoms with Gasteiger partial charge in [-0.05, 0) is 34.9 Å². The van der Waals surface area contributed by atoms with Gasteiger partial charge in [-0.1, -0.05) is 58.0 Å². The fourth-order valence-corrected chi connectivity index (χ4v) is 4.50. The van der Waals surface area contributed by atoms with Crippen LogP contribution in [0.5, 0.6) is 0 Å². The van der Waals surface area contributed by atoms with Crippen LogP contribution in [0.2, 0.25) is 0 Å². The van der Waals surface area contributed by atoms with E-state index in [4.69, 9.17) is 0 Å². The zero-order valence-electron chi connectivity index (χ0n) is 13.4. The second-order valence-corrected chi connectivity index (χ2v) is 7.70. The van der Waals surface area contributed by atoms with E-state index in [0.29, 0.717) is 5.56 Å². The Morgan fingerprint density at radius 1 is 1.19 bits per heavy atom. The molecule has 1 aliphatic carbocycles. The number of hydrogen-bond donors (Lipinski definition) is 0. The Bertz CT molecular complexity index is 647. The summed E-state index contributed by atoms with van der Waals surface area (Å²) in [7, 11) is -4.44. The molecule has 0 heterocycles. The maximum absolute atomic E-state index is 12.0. The van der Waals surface area contributed by atoms with E-state index in [9.17, 15) is 13.0 Å². The van der Waals surface area contributed by atoms with Crippen LogP contribution in [-0.2, 0) is 14.9 Å². The second kappa shape index (κ2) is 6.55. The number of hydrogen-bond acceptors (Lipinski definition) is 3. The third-order valence-electron chi connectivity index (χ3n) is 4.30. The third kappa shape index (κ3) is 3.02. The van der Waals surface area contributed by atoms with Crippen LogP contribution in [0.25, 0.3) is 6.08 Å². The maximum atomic E-state index is 12.0. The summed E-state index contributed by atoms with van der Waals surface area (Å²) in [6.07, 6.45) is 4.03. The molecule has 0 aliphatic heterocycles. The van der Waals surface area contributed by atoms with Crippen molar-refractivity contribution in [1.82, 2.24) is 0 Å². The smallest absolute Gasteiger partial charge is 0.747 e. The van der Waals surface area contributed by atoms with Crippen molar-refractivity contribution in [3.8, 4) is 0 Å². The quantitative estimate of drug-likeness (QED) is 0.607. The van der Waals surface area contributed by atoms with Gasteiger partial charge in [0.05, 0.1) is 4.75 Å². The van der Waals surface area contributed by atoms with Crippen LogP contribution in [0, 0.1) is 5.92 Å². The largest absolute Gasteiger partial charge is 1.00 e. The fraction of sp³-hybridized carbons (Fsp3) is 0.500. The molecule has 0 spiro atoms. The standard InChI is InChI=1S/C16H22O3S.Na/c1-11(2)13-7-5-9-15-14(13)8-6-10-16(15,12(3)4)20(17,18)19;/h5-9,11-12H,10H2,1-4H3,(H,17,18,19);/q;+1/p-1.